The molecule has 0 aliphatic carbocycles. The summed E-state index contributed by atoms with van der Waals surface area (Å²) >= 11 is 0. The molecular formula is C18H19NO3. The van der Waals surface area contributed by atoms with Gasteiger partial charge in [-0.25, -0.2) is 0 Å². The lowest BCUT2D eigenvalue weighted by molar-refractivity contribution is -0.144. The predicted octanol–water partition coefficient (Wildman–Crippen LogP) is 3.26. The lowest BCUT2D eigenvalue weighted by Crippen LogP contribution is -2.47. The van der Waals surface area contributed by atoms with Gasteiger partial charge >= 0.3 is 5.97 Å². The number of nitrogens with one attached hydrogen (secondary N) is 1. The van der Waals surface area contributed by atoms with Gasteiger partial charge in [-0.2, -0.15) is 0 Å². The van der Waals surface area contributed by atoms with Crippen molar-refractivity contribution in [1.29, 1.82) is 0 Å². The average Bonchev–Trinajstić information content (AvgIpc) is 3.17. The summed E-state index contributed by atoms with van der Waals surface area (Å²) in [5.74, 6) is -0.894. The molecule has 0 spiro atoms. The van der Waals surface area contributed by atoms with Gasteiger partial charge in [-0.05, 0) is 36.5 Å². The molecule has 0 saturated carbocycles. The molecule has 0 unspecified atom stereocenters. The van der Waals surface area contributed by atoms with Gasteiger partial charge < -0.3 is 14.8 Å². The third-order valence-electron chi connectivity index (χ3n) is 5.16. The van der Waals surface area contributed by atoms with Gasteiger partial charge in [0.2, 0.25) is 0 Å². The van der Waals surface area contributed by atoms with Crippen molar-refractivity contribution in [3.63, 3.8) is 0 Å². The Bertz CT molecular complexity index is 662. The van der Waals surface area contributed by atoms with Crippen molar-refractivity contribution in [1.82, 2.24) is 5.32 Å². The van der Waals surface area contributed by atoms with Crippen molar-refractivity contribution < 1.29 is 14.3 Å². The highest BCUT2D eigenvalue weighted by atomic mass is 16.4. The average molecular weight is 297 g/mol. The van der Waals surface area contributed by atoms with E-state index in [9.17, 15) is 9.90 Å². The summed E-state index contributed by atoms with van der Waals surface area (Å²) in [6.45, 7) is 0. The third-order valence-corrected chi connectivity index (χ3v) is 5.16. The molecule has 2 saturated heterocycles. The quantitative estimate of drug-likeness (QED) is 0.913. The number of carboxylic acids is 1. The van der Waals surface area contributed by atoms with E-state index in [1.54, 1.807) is 12.5 Å². The van der Waals surface area contributed by atoms with Gasteiger partial charge in [-0.15, -0.1) is 0 Å². The van der Waals surface area contributed by atoms with Gasteiger partial charge in [0.1, 0.15) is 0 Å². The van der Waals surface area contributed by atoms with E-state index in [0.29, 0.717) is 6.04 Å². The summed E-state index contributed by atoms with van der Waals surface area (Å²) in [6, 6.07) is 10.8. The Morgan fingerprint density at radius 1 is 1.14 bits per heavy atom. The van der Waals surface area contributed by atoms with Crippen molar-refractivity contribution in [2.45, 2.75) is 37.3 Å². The molecule has 0 radical (unpaired) electrons. The number of rotatable bonds is 3. The SMILES string of the molecule is O=C(O)[C@H]1[C@@H](c2ccc(-c3ccoc3)cc2)C[C@@H]2CC[C@H]1N2. The highest BCUT2D eigenvalue weighted by Crippen LogP contribution is 2.42. The fourth-order valence-corrected chi connectivity index (χ4v) is 4.09. The fourth-order valence-electron chi connectivity index (χ4n) is 4.09. The van der Waals surface area contributed by atoms with Gasteiger partial charge in [0.05, 0.1) is 18.4 Å². The Hall–Kier alpha value is -2.07. The monoisotopic (exact) mass is 297 g/mol. The summed E-state index contributed by atoms with van der Waals surface area (Å²) in [6.07, 6.45) is 6.37. The van der Waals surface area contributed by atoms with Gasteiger partial charge in [-0.1, -0.05) is 24.3 Å². The number of hydrogen-bond acceptors (Lipinski definition) is 3. The smallest absolute Gasteiger partial charge is 0.308 e. The van der Waals surface area contributed by atoms with Crippen molar-refractivity contribution in [3.05, 3.63) is 48.4 Å². The van der Waals surface area contributed by atoms with Crippen molar-refractivity contribution in [2.24, 2.45) is 5.92 Å². The molecule has 2 aliphatic heterocycles. The second-order valence-electron chi connectivity index (χ2n) is 6.39. The van der Waals surface area contributed by atoms with Crippen LogP contribution in [0.25, 0.3) is 11.1 Å². The molecule has 114 valence electrons. The lowest BCUT2D eigenvalue weighted by Gasteiger charge is -2.35. The van der Waals surface area contributed by atoms with Crippen LogP contribution in [0.15, 0.2) is 47.3 Å². The zero-order chi connectivity index (χ0) is 15.1. The van der Waals surface area contributed by atoms with E-state index in [-0.39, 0.29) is 17.9 Å². The summed E-state index contributed by atoms with van der Waals surface area (Å²) < 4.78 is 5.11. The first-order valence-electron chi connectivity index (χ1n) is 7.84. The van der Waals surface area contributed by atoms with Gasteiger partial charge in [0.15, 0.2) is 0 Å². The minimum atomic E-state index is -0.679. The summed E-state index contributed by atoms with van der Waals surface area (Å²) in [4.78, 5) is 11.7. The van der Waals surface area contributed by atoms with Crippen LogP contribution in [0.2, 0.25) is 0 Å². The number of benzene rings is 1. The predicted molar refractivity (Wildman–Crippen MR) is 82.6 cm³/mol. The summed E-state index contributed by atoms with van der Waals surface area (Å²) in [7, 11) is 0. The third kappa shape index (κ3) is 2.24. The number of carbonyl (C=O) groups is 1. The van der Waals surface area contributed by atoms with E-state index < -0.39 is 5.97 Å². The Morgan fingerprint density at radius 2 is 1.95 bits per heavy atom. The van der Waals surface area contributed by atoms with E-state index >= 15 is 0 Å². The minimum absolute atomic E-state index is 0.106. The van der Waals surface area contributed by atoms with E-state index in [1.807, 2.05) is 6.07 Å². The summed E-state index contributed by atoms with van der Waals surface area (Å²) in [5, 5.41) is 13.1. The minimum Gasteiger partial charge on any atom is -0.481 e. The maximum absolute atomic E-state index is 11.7. The first kappa shape index (κ1) is 13.6. The second-order valence-corrected chi connectivity index (χ2v) is 6.39. The molecule has 3 heterocycles. The van der Waals surface area contributed by atoms with Crippen LogP contribution in [0, 0.1) is 5.92 Å². The van der Waals surface area contributed by atoms with Crippen molar-refractivity contribution in [2.75, 3.05) is 0 Å². The highest BCUT2D eigenvalue weighted by molar-refractivity contribution is 5.73. The Kier molecular flexibility index (Phi) is 3.26. The molecule has 4 nitrogen and oxygen atoms in total. The maximum Gasteiger partial charge on any atom is 0.308 e. The fraction of sp³-hybridized carbons (Fsp3) is 0.389. The first-order chi connectivity index (χ1) is 10.7. The largest absolute Gasteiger partial charge is 0.481 e. The lowest BCUT2D eigenvalue weighted by atomic mass is 9.77. The molecular weight excluding hydrogens is 278 g/mol. The van der Waals surface area contributed by atoms with E-state index in [2.05, 4.69) is 29.6 Å². The number of furan rings is 1. The molecule has 2 aliphatic rings. The van der Waals surface area contributed by atoms with Crippen LogP contribution in [0.3, 0.4) is 0 Å². The molecule has 4 rings (SSSR count). The van der Waals surface area contributed by atoms with Crippen LogP contribution < -0.4 is 5.32 Å². The van der Waals surface area contributed by atoms with E-state index in [4.69, 9.17) is 4.42 Å². The zero-order valence-electron chi connectivity index (χ0n) is 12.2. The van der Waals surface area contributed by atoms with Crippen LogP contribution in [-0.4, -0.2) is 23.2 Å². The molecule has 0 amide bonds. The van der Waals surface area contributed by atoms with Crippen molar-refractivity contribution in [3.8, 4) is 11.1 Å². The van der Waals surface area contributed by atoms with Gasteiger partial charge in [0, 0.05) is 23.6 Å². The Labute approximate surface area is 129 Å². The van der Waals surface area contributed by atoms with Crippen LogP contribution in [0.5, 0.6) is 0 Å². The van der Waals surface area contributed by atoms with Crippen LogP contribution >= 0.6 is 0 Å². The van der Waals surface area contributed by atoms with Gasteiger partial charge in [-0.3, -0.25) is 4.79 Å². The second kappa shape index (κ2) is 5.29. The molecule has 2 bridgehead atoms. The molecule has 4 atom stereocenters. The molecule has 1 aromatic heterocycles. The number of fused-ring (bicyclic) bond motifs is 2. The first-order valence-corrected chi connectivity index (χ1v) is 7.84. The topological polar surface area (TPSA) is 62.5 Å². The normalized spacial score (nSPS) is 30.4. The molecule has 2 fully saturated rings. The van der Waals surface area contributed by atoms with E-state index in [1.165, 1.54) is 0 Å². The molecule has 2 N–H and O–H groups in total. The van der Waals surface area contributed by atoms with Crippen LogP contribution in [0.4, 0.5) is 0 Å². The summed E-state index contributed by atoms with van der Waals surface area (Å²) in [5.41, 5.74) is 3.28. The maximum atomic E-state index is 11.7. The van der Waals surface area contributed by atoms with Crippen molar-refractivity contribution >= 4 is 5.97 Å². The zero-order valence-corrected chi connectivity index (χ0v) is 12.2. The molecule has 2 aromatic rings. The Morgan fingerprint density at radius 3 is 2.64 bits per heavy atom. The highest BCUT2D eigenvalue weighted by Gasteiger charge is 2.45. The van der Waals surface area contributed by atoms with Crippen LogP contribution in [-0.2, 0) is 4.79 Å². The van der Waals surface area contributed by atoms with E-state index in [0.717, 1.165) is 36.0 Å². The molecule has 4 heteroatoms. The number of carboxylic acid groups (broad SMARTS) is 1. The number of hydrogen-bond donors (Lipinski definition) is 2. The number of aliphatic carboxylic acids is 1. The van der Waals surface area contributed by atoms with Crippen LogP contribution in [0.1, 0.15) is 30.7 Å². The van der Waals surface area contributed by atoms with Gasteiger partial charge in [0.25, 0.3) is 0 Å². The Balaban J connectivity index is 1.64. The molecule has 22 heavy (non-hydrogen) atoms. The molecule has 1 aromatic carbocycles. The number of piperidine rings is 1. The standard InChI is InChI=1S/C18H19NO3/c20-18(21)17-15(9-14-5-6-16(17)19-14)12-3-1-11(2-4-12)13-7-8-22-10-13/h1-4,7-8,10,14-17,19H,5-6,9H2,(H,20,21)/t14-,15+,16+,17-/m0/s1.